The molecule has 1 atom stereocenters. The molecule has 0 aliphatic carbocycles. The van der Waals surface area contributed by atoms with Crippen LogP contribution in [0.15, 0.2) is 0 Å². The molecule has 15 heavy (non-hydrogen) atoms. The van der Waals surface area contributed by atoms with E-state index in [4.69, 9.17) is 5.73 Å². The van der Waals surface area contributed by atoms with Gasteiger partial charge in [0.2, 0.25) is 0 Å². The van der Waals surface area contributed by atoms with Crippen LogP contribution in [0.2, 0.25) is 0 Å². The molecule has 0 radical (unpaired) electrons. The summed E-state index contributed by atoms with van der Waals surface area (Å²) in [6.07, 6.45) is 0. The van der Waals surface area contributed by atoms with Crippen molar-refractivity contribution in [3.05, 3.63) is 0 Å². The van der Waals surface area contributed by atoms with E-state index in [1.54, 1.807) is 6.92 Å². The zero-order valence-corrected chi connectivity index (χ0v) is 10.8. The van der Waals surface area contributed by atoms with E-state index in [9.17, 15) is 16.8 Å². The highest BCUT2D eigenvalue weighted by Gasteiger charge is 2.18. The summed E-state index contributed by atoms with van der Waals surface area (Å²) >= 11 is 0. The van der Waals surface area contributed by atoms with Gasteiger partial charge < -0.3 is 5.73 Å². The summed E-state index contributed by atoms with van der Waals surface area (Å²) in [5.41, 5.74) is 5.30. The van der Waals surface area contributed by atoms with Crippen LogP contribution < -0.4 is 5.73 Å². The van der Waals surface area contributed by atoms with Crippen LogP contribution in [-0.4, -0.2) is 46.4 Å². The minimum absolute atomic E-state index is 0.0189. The molecule has 0 fully saturated rings. The van der Waals surface area contributed by atoms with Crippen molar-refractivity contribution < 1.29 is 16.8 Å². The topological polar surface area (TPSA) is 94.3 Å². The molecule has 0 aromatic heterocycles. The first-order valence-corrected chi connectivity index (χ1v) is 8.47. The molecule has 0 rings (SSSR count). The van der Waals surface area contributed by atoms with Crippen molar-refractivity contribution in [1.82, 2.24) is 0 Å². The molecule has 5 nitrogen and oxygen atoms in total. The largest absolute Gasteiger partial charge is 0.330 e. The van der Waals surface area contributed by atoms with Crippen LogP contribution in [0.1, 0.15) is 13.8 Å². The Labute approximate surface area is 91.9 Å². The van der Waals surface area contributed by atoms with E-state index in [2.05, 4.69) is 0 Å². The van der Waals surface area contributed by atoms with Crippen molar-refractivity contribution in [2.24, 2.45) is 11.7 Å². The van der Waals surface area contributed by atoms with Gasteiger partial charge in [-0.2, -0.15) is 0 Å². The molecule has 2 N–H and O–H groups in total. The highest BCUT2D eigenvalue weighted by molar-refractivity contribution is 7.95. The Kier molecular flexibility index (Phi) is 5.76. The number of hydrogen-bond donors (Lipinski definition) is 1. The molecule has 0 saturated carbocycles. The lowest BCUT2D eigenvalue weighted by molar-refractivity contribution is 0.572. The van der Waals surface area contributed by atoms with Gasteiger partial charge in [-0.25, -0.2) is 16.8 Å². The first-order valence-electron chi connectivity index (χ1n) is 4.83. The fraction of sp³-hybridized carbons (Fsp3) is 1.00. The molecule has 0 spiro atoms. The molecule has 7 heteroatoms. The molecule has 0 bridgehead atoms. The molecule has 0 aliphatic rings. The maximum absolute atomic E-state index is 11.4. The molecular weight excluding hydrogens is 238 g/mol. The minimum atomic E-state index is -3.30. The van der Waals surface area contributed by atoms with Crippen molar-refractivity contribution in [1.29, 1.82) is 0 Å². The lowest BCUT2D eigenvalue weighted by Gasteiger charge is -2.09. The second-order valence-electron chi connectivity index (χ2n) is 3.69. The summed E-state index contributed by atoms with van der Waals surface area (Å²) in [7, 11) is -6.50. The van der Waals surface area contributed by atoms with Crippen molar-refractivity contribution in [2.45, 2.75) is 13.8 Å². The van der Waals surface area contributed by atoms with E-state index >= 15 is 0 Å². The Balaban J connectivity index is 4.30. The first-order chi connectivity index (χ1) is 6.72. The van der Waals surface area contributed by atoms with Crippen molar-refractivity contribution in [2.75, 3.05) is 29.6 Å². The van der Waals surface area contributed by atoms with E-state index < -0.39 is 19.7 Å². The number of rotatable bonds is 7. The zero-order chi connectivity index (χ0) is 12.1. The lowest BCUT2D eigenvalue weighted by atomic mass is 10.2. The maximum Gasteiger partial charge on any atom is 0.151 e. The molecule has 0 saturated heterocycles. The van der Waals surface area contributed by atoms with E-state index in [1.165, 1.54) is 6.92 Å². The third kappa shape index (κ3) is 6.86. The molecule has 0 aromatic carbocycles. The Morgan fingerprint density at radius 2 is 1.53 bits per heavy atom. The van der Waals surface area contributed by atoms with Crippen molar-refractivity contribution >= 4 is 19.7 Å². The second-order valence-corrected chi connectivity index (χ2v) is 8.39. The van der Waals surface area contributed by atoms with E-state index in [0.29, 0.717) is 6.54 Å². The third-order valence-electron chi connectivity index (χ3n) is 2.09. The molecule has 0 amide bonds. The molecule has 1 unspecified atom stereocenters. The third-order valence-corrected chi connectivity index (χ3v) is 5.95. The Morgan fingerprint density at radius 3 is 1.93 bits per heavy atom. The zero-order valence-electron chi connectivity index (χ0n) is 9.14. The summed E-state index contributed by atoms with van der Waals surface area (Å²) in [6.45, 7) is 3.52. The summed E-state index contributed by atoms with van der Waals surface area (Å²) in [4.78, 5) is 0. The minimum Gasteiger partial charge on any atom is -0.330 e. The van der Waals surface area contributed by atoms with Gasteiger partial charge in [0.15, 0.2) is 19.7 Å². The fourth-order valence-electron chi connectivity index (χ4n) is 0.983. The summed E-state index contributed by atoms with van der Waals surface area (Å²) in [6, 6.07) is 0. The van der Waals surface area contributed by atoms with Crippen LogP contribution in [0.3, 0.4) is 0 Å². The van der Waals surface area contributed by atoms with E-state index in [1.807, 2.05) is 0 Å². The van der Waals surface area contributed by atoms with Gasteiger partial charge >= 0.3 is 0 Å². The first kappa shape index (κ1) is 14.9. The standard InChI is InChI=1S/C8H19NO4S2/c1-3-14(10,11)4-5-15(12,13)7-8(2)6-9/h8H,3-7,9H2,1-2H3. The van der Waals surface area contributed by atoms with Crippen LogP contribution in [0.4, 0.5) is 0 Å². The monoisotopic (exact) mass is 257 g/mol. The molecule has 0 aromatic rings. The SMILES string of the molecule is CCS(=O)(=O)CCS(=O)(=O)CC(C)CN. The summed E-state index contributed by atoms with van der Waals surface area (Å²) in [5.74, 6) is -0.770. The Morgan fingerprint density at radius 1 is 1.07 bits per heavy atom. The predicted molar refractivity (Wildman–Crippen MR) is 61.2 cm³/mol. The molecule has 0 aliphatic heterocycles. The maximum atomic E-state index is 11.4. The number of sulfone groups is 2. The molecule has 0 heterocycles. The van der Waals surface area contributed by atoms with Crippen LogP contribution in [0.25, 0.3) is 0 Å². The van der Waals surface area contributed by atoms with Gasteiger partial charge in [-0.15, -0.1) is 0 Å². The van der Waals surface area contributed by atoms with Gasteiger partial charge in [0.05, 0.1) is 17.3 Å². The average Bonchev–Trinajstić information content (AvgIpc) is 2.14. The van der Waals surface area contributed by atoms with Gasteiger partial charge in [-0.05, 0) is 12.5 Å². The van der Waals surface area contributed by atoms with Crippen LogP contribution in [-0.2, 0) is 19.7 Å². The lowest BCUT2D eigenvalue weighted by Crippen LogP contribution is -2.26. The van der Waals surface area contributed by atoms with Gasteiger partial charge in [0.25, 0.3) is 0 Å². The van der Waals surface area contributed by atoms with Crippen molar-refractivity contribution in [3.63, 3.8) is 0 Å². The van der Waals surface area contributed by atoms with Crippen molar-refractivity contribution in [3.8, 4) is 0 Å². The summed E-state index contributed by atoms with van der Waals surface area (Å²) in [5, 5.41) is 0. The van der Waals surface area contributed by atoms with Gasteiger partial charge in [0.1, 0.15) is 0 Å². The number of hydrogen-bond acceptors (Lipinski definition) is 5. The smallest absolute Gasteiger partial charge is 0.151 e. The second kappa shape index (κ2) is 5.81. The van der Waals surface area contributed by atoms with E-state index in [0.717, 1.165) is 0 Å². The van der Waals surface area contributed by atoms with Gasteiger partial charge in [0, 0.05) is 5.75 Å². The van der Waals surface area contributed by atoms with Gasteiger partial charge in [-0.1, -0.05) is 13.8 Å². The van der Waals surface area contributed by atoms with Crippen LogP contribution in [0, 0.1) is 5.92 Å². The molecular formula is C8H19NO4S2. The summed E-state index contributed by atoms with van der Waals surface area (Å²) < 4.78 is 45.1. The Hall–Kier alpha value is -0.140. The Bertz CT molecular complexity index is 371. The average molecular weight is 257 g/mol. The highest BCUT2D eigenvalue weighted by Crippen LogP contribution is 2.02. The quantitative estimate of drug-likeness (QED) is 0.659. The van der Waals surface area contributed by atoms with E-state index in [-0.39, 0.29) is 28.9 Å². The highest BCUT2D eigenvalue weighted by atomic mass is 32.2. The van der Waals surface area contributed by atoms with Crippen LogP contribution in [0.5, 0.6) is 0 Å². The van der Waals surface area contributed by atoms with Crippen LogP contribution >= 0.6 is 0 Å². The molecule has 92 valence electrons. The van der Waals surface area contributed by atoms with Gasteiger partial charge in [-0.3, -0.25) is 0 Å². The normalized spacial score (nSPS) is 15.1. The number of nitrogens with two attached hydrogens (primary N) is 1. The predicted octanol–water partition coefficient (Wildman–Crippen LogP) is -0.569. The fourth-order valence-corrected chi connectivity index (χ4v) is 4.47.